The highest BCUT2D eigenvalue weighted by Crippen LogP contribution is 2.41. The Kier molecular flexibility index (Phi) is 10.2. The number of benzene rings is 1. The Hall–Kier alpha value is -2.71. The lowest BCUT2D eigenvalue weighted by Crippen LogP contribution is -2.70. The fourth-order valence-corrected chi connectivity index (χ4v) is 8.05. The van der Waals surface area contributed by atoms with Crippen molar-refractivity contribution < 1.29 is 38.8 Å². The second-order valence-corrected chi connectivity index (χ2v) is 14.1. The monoisotopic (exact) mass is 670 g/mol. The molecule has 1 fully saturated rings. The first kappa shape index (κ1) is 32.2. The van der Waals surface area contributed by atoms with E-state index in [1.807, 2.05) is 0 Å². The molecule has 1 aromatic carbocycles. The second-order valence-electron chi connectivity index (χ2n) is 10.1. The van der Waals surface area contributed by atoms with E-state index in [4.69, 9.17) is 28.3 Å². The maximum absolute atomic E-state index is 13.0. The zero-order valence-electron chi connectivity index (χ0n) is 22.3. The molecule has 2 aliphatic heterocycles. The number of carboxylic acids is 2. The van der Waals surface area contributed by atoms with Gasteiger partial charge in [0.25, 0.3) is 11.7 Å². The van der Waals surface area contributed by atoms with Crippen molar-refractivity contribution in [3.8, 4) is 0 Å². The molecular weight excluding hydrogens is 645 g/mol. The molecule has 1 saturated heterocycles. The molecule has 3 heterocycles. The highest BCUT2D eigenvalue weighted by Gasteiger charge is 2.54. The molecule has 222 valence electrons. The molecule has 2 aliphatic rings. The molecule has 0 saturated carbocycles. The molecule has 0 bridgehead atoms. The predicted molar refractivity (Wildman–Crippen MR) is 161 cm³/mol. The van der Waals surface area contributed by atoms with Crippen molar-refractivity contribution in [2.75, 3.05) is 17.3 Å². The summed E-state index contributed by atoms with van der Waals surface area (Å²) in [7, 11) is 0. The molecule has 10 nitrogen and oxygen atoms in total. The van der Waals surface area contributed by atoms with Gasteiger partial charge >= 0.3 is 11.9 Å². The number of nitrogens with zero attached hydrogens (tertiary/aromatic N) is 2. The highest BCUT2D eigenvalue weighted by molar-refractivity contribution is 8.01. The number of carbonyl (C=O) groups excluding carboxylic acids is 3. The van der Waals surface area contributed by atoms with Crippen LogP contribution in [-0.2, 0) is 30.5 Å². The minimum atomic E-state index is -1.48. The third-order valence-corrected chi connectivity index (χ3v) is 10.6. The van der Waals surface area contributed by atoms with E-state index in [9.17, 15) is 29.1 Å². The van der Waals surface area contributed by atoms with Crippen molar-refractivity contribution in [1.82, 2.24) is 10.2 Å². The summed E-state index contributed by atoms with van der Waals surface area (Å²) in [6.07, 6.45) is 3.45. The maximum atomic E-state index is 13.0. The third kappa shape index (κ3) is 7.25. The lowest BCUT2D eigenvalue weighted by Gasteiger charge is -2.49. The van der Waals surface area contributed by atoms with E-state index in [2.05, 4.69) is 5.32 Å². The van der Waals surface area contributed by atoms with Crippen molar-refractivity contribution in [3.05, 3.63) is 64.0 Å². The number of halogens is 2. The number of hydrogen-bond acceptors (Lipinski definition) is 8. The number of amides is 2. The number of thioether (sulfide) groups is 3. The molecule has 0 aliphatic carbocycles. The van der Waals surface area contributed by atoms with Crippen molar-refractivity contribution >= 4 is 88.0 Å². The number of hydrogen-bond donors (Lipinski definition) is 3. The predicted octanol–water partition coefficient (Wildman–Crippen LogP) is 3.58. The first-order valence-corrected chi connectivity index (χ1v) is 16.2. The average molecular weight is 672 g/mol. The standard InChI is InChI=1S/C27H25Cl2N3O7S3/c1-27(2,22(34)26(38)39)13-31-7-5-16(6-8-31)40-10-14-11-42-24-20(23(35)32(24)21(14)25(36)37)30-19(33)12-41-18-9-15(28)3-4-17(18)29/h3-9,20,24H,10-13H2,1-2H3,(H2-,30,33,36,37,38,39)/p+1/t20-,24-/m1/s1. The molecular formula is C27H26Cl2N3O7S3+. The first-order chi connectivity index (χ1) is 19.8. The Morgan fingerprint density at radius 1 is 1.12 bits per heavy atom. The Labute approximate surface area is 264 Å². The van der Waals surface area contributed by atoms with Crippen molar-refractivity contribution in [3.63, 3.8) is 0 Å². The summed E-state index contributed by atoms with van der Waals surface area (Å²) in [4.78, 5) is 63.4. The van der Waals surface area contributed by atoms with Gasteiger partial charge in [0.2, 0.25) is 5.91 Å². The molecule has 0 spiro atoms. The van der Waals surface area contributed by atoms with Gasteiger partial charge in [0.05, 0.1) is 16.2 Å². The van der Waals surface area contributed by atoms with Crippen LogP contribution in [0.15, 0.2) is 63.8 Å². The van der Waals surface area contributed by atoms with Crippen LogP contribution < -0.4 is 9.88 Å². The molecule has 0 unspecified atom stereocenters. The van der Waals surface area contributed by atoms with Gasteiger partial charge in [-0.15, -0.1) is 35.3 Å². The van der Waals surface area contributed by atoms with Gasteiger partial charge in [-0.3, -0.25) is 19.3 Å². The van der Waals surface area contributed by atoms with Crippen LogP contribution in [0.2, 0.25) is 10.0 Å². The fourth-order valence-electron chi connectivity index (χ4n) is 4.37. The zero-order valence-corrected chi connectivity index (χ0v) is 26.3. The van der Waals surface area contributed by atoms with Gasteiger partial charge in [0.1, 0.15) is 17.1 Å². The number of pyridine rings is 1. The number of rotatable bonds is 12. The van der Waals surface area contributed by atoms with E-state index in [0.29, 0.717) is 32.0 Å². The van der Waals surface area contributed by atoms with E-state index < -0.39 is 40.5 Å². The van der Waals surface area contributed by atoms with Crippen LogP contribution >= 0.6 is 58.5 Å². The molecule has 42 heavy (non-hydrogen) atoms. The quantitative estimate of drug-likeness (QED) is 0.133. The van der Waals surface area contributed by atoms with Crippen molar-refractivity contribution in [2.24, 2.45) is 5.41 Å². The number of carbonyl (C=O) groups is 5. The van der Waals surface area contributed by atoms with E-state index in [-0.39, 0.29) is 23.9 Å². The first-order valence-electron chi connectivity index (χ1n) is 12.5. The van der Waals surface area contributed by atoms with E-state index in [1.165, 1.54) is 40.2 Å². The van der Waals surface area contributed by atoms with Crippen LogP contribution in [0.25, 0.3) is 0 Å². The van der Waals surface area contributed by atoms with Crippen molar-refractivity contribution in [2.45, 2.75) is 41.6 Å². The summed E-state index contributed by atoms with van der Waals surface area (Å²) in [5, 5.41) is 22.1. The molecule has 2 aromatic rings. The molecule has 2 amide bonds. The zero-order chi connectivity index (χ0) is 30.8. The SMILES string of the molecule is CC(C)(C[n+]1ccc(SCC2=C(C(=O)O)N3C(=O)[C@@H](NC(=O)CSc4cc(Cl)ccc4Cl)[C@H]3SC2)cc1)C(=O)C(=O)O. The van der Waals surface area contributed by atoms with Gasteiger partial charge in [0, 0.05) is 38.5 Å². The van der Waals surface area contributed by atoms with Crippen LogP contribution in [0, 0.1) is 5.41 Å². The van der Waals surface area contributed by atoms with E-state index >= 15 is 0 Å². The summed E-state index contributed by atoms with van der Waals surface area (Å²) in [6.45, 7) is 3.31. The lowest BCUT2D eigenvalue weighted by atomic mass is 9.88. The van der Waals surface area contributed by atoms with Gasteiger partial charge in [-0.25, -0.2) is 14.2 Å². The van der Waals surface area contributed by atoms with Gasteiger partial charge in [-0.1, -0.05) is 23.2 Å². The Morgan fingerprint density at radius 3 is 2.45 bits per heavy atom. The number of ketones is 1. The number of Topliss-reactive ketones (excluding diaryl/α,β-unsaturated/α-hetero) is 1. The topological polar surface area (TPSA) is 145 Å². The number of β-lactam (4-membered cyclic amide) rings is 1. The smallest absolute Gasteiger partial charge is 0.373 e. The lowest BCUT2D eigenvalue weighted by molar-refractivity contribution is -0.706. The van der Waals surface area contributed by atoms with Gasteiger partial charge in [0.15, 0.2) is 18.9 Å². The minimum absolute atomic E-state index is 0.00911. The number of carboxylic acid groups (broad SMARTS) is 2. The molecule has 4 rings (SSSR count). The van der Waals surface area contributed by atoms with Crippen LogP contribution in [0.5, 0.6) is 0 Å². The minimum Gasteiger partial charge on any atom is -0.477 e. The maximum Gasteiger partial charge on any atom is 0.373 e. The van der Waals surface area contributed by atoms with Gasteiger partial charge in [-0.2, -0.15) is 0 Å². The summed E-state index contributed by atoms with van der Waals surface area (Å²) in [5.41, 5.74) is -0.573. The van der Waals surface area contributed by atoms with Gasteiger partial charge in [-0.05, 0) is 37.6 Å². The fraction of sp³-hybridized carbons (Fsp3) is 0.333. The van der Waals surface area contributed by atoms with Crippen LogP contribution in [0.1, 0.15) is 13.8 Å². The van der Waals surface area contributed by atoms with E-state index in [1.54, 1.807) is 61.1 Å². The molecule has 0 radical (unpaired) electrons. The van der Waals surface area contributed by atoms with Crippen LogP contribution in [-0.4, -0.2) is 73.3 Å². The van der Waals surface area contributed by atoms with Crippen LogP contribution in [0.3, 0.4) is 0 Å². The normalized spacial score (nSPS) is 18.3. The number of aromatic nitrogens is 1. The largest absolute Gasteiger partial charge is 0.477 e. The van der Waals surface area contributed by atoms with E-state index in [0.717, 1.165) is 4.90 Å². The third-order valence-electron chi connectivity index (χ3n) is 6.48. The summed E-state index contributed by atoms with van der Waals surface area (Å²) in [5.74, 6) is -3.72. The molecule has 2 atom stereocenters. The van der Waals surface area contributed by atoms with Crippen LogP contribution in [0.4, 0.5) is 0 Å². The number of fused-ring (bicyclic) bond motifs is 1. The molecule has 3 N–H and O–H groups in total. The second kappa shape index (κ2) is 13.3. The Bertz CT molecular complexity index is 1480. The van der Waals surface area contributed by atoms with Crippen molar-refractivity contribution in [1.29, 1.82) is 0 Å². The molecule has 15 heteroatoms. The Balaban J connectivity index is 1.35. The number of nitrogens with one attached hydrogen (secondary N) is 1. The Morgan fingerprint density at radius 2 is 1.81 bits per heavy atom. The highest BCUT2D eigenvalue weighted by atomic mass is 35.5. The number of aliphatic carboxylic acids is 2. The summed E-state index contributed by atoms with van der Waals surface area (Å²) < 4.78 is 1.71. The molecule has 1 aromatic heterocycles. The summed E-state index contributed by atoms with van der Waals surface area (Å²) in [6, 6.07) is 7.68. The van der Waals surface area contributed by atoms with Gasteiger partial charge < -0.3 is 15.5 Å². The summed E-state index contributed by atoms with van der Waals surface area (Å²) >= 11 is 16.1. The average Bonchev–Trinajstić information content (AvgIpc) is 2.94.